The predicted octanol–water partition coefficient (Wildman–Crippen LogP) is 2.17. The largest absolute Gasteiger partial charge is 0.375 e. The van der Waals surface area contributed by atoms with Gasteiger partial charge in [-0.25, -0.2) is 0 Å². The number of benzene rings is 1. The standard InChI is InChI=1S/C12H17N3S/c1-7-5-9(3)11(6-8(7)2)10(4)14-15-12(13)16/h5-6H,1-4H3,(H3,13,15,16)/b14-10-. The van der Waals surface area contributed by atoms with Gasteiger partial charge in [-0.3, -0.25) is 5.43 Å². The molecule has 0 aliphatic heterocycles. The number of hydrazone groups is 1. The van der Waals surface area contributed by atoms with Gasteiger partial charge < -0.3 is 5.73 Å². The summed E-state index contributed by atoms with van der Waals surface area (Å²) in [6.07, 6.45) is 0. The second-order valence-electron chi connectivity index (χ2n) is 3.92. The monoisotopic (exact) mass is 235 g/mol. The highest BCUT2D eigenvalue weighted by atomic mass is 32.1. The summed E-state index contributed by atoms with van der Waals surface area (Å²) >= 11 is 4.70. The second kappa shape index (κ2) is 5.07. The molecule has 0 fully saturated rings. The molecule has 0 saturated carbocycles. The van der Waals surface area contributed by atoms with Crippen molar-refractivity contribution in [1.29, 1.82) is 0 Å². The lowest BCUT2D eigenvalue weighted by Gasteiger charge is -2.09. The van der Waals surface area contributed by atoms with Crippen LogP contribution >= 0.6 is 12.2 Å². The number of aryl methyl sites for hydroxylation is 3. The van der Waals surface area contributed by atoms with Gasteiger partial charge in [-0.2, -0.15) is 5.10 Å². The minimum atomic E-state index is 0.181. The third-order valence-corrected chi connectivity index (χ3v) is 2.66. The molecule has 86 valence electrons. The van der Waals surface area contributed by atoms with Crippen LogP contribution in [0.15, 0.2) is 17.2 Å². The average molecular weight is 235 g/mol. The number of hydrogen-bond acceptors (Lipinski definition) is 2. The highest BCUT2D eigenvalue weighted by Crippen LogP contribution is 2.15. The van der Waals surface area contributed by atoms with Gasteiger partial charge in [0.05, 0.1) is 5.71 Å². The Hall–Kier alpha value is -1.42. The summed E-state index contributed by atoms with van der Waals surface area (Å²) in [5, 5.41) is 4.31. The van der Waals surface area contributed by atoms with Crippen LogP contribution in [0.4, 0.5) is 0 Å². The summed E-state index contributed by atoms with van der Waals surface area (Å²) in [6, 6.07) is 4.29. The summed E-state index contributed by atoms with van der Waals surface area (Å²) in [5.41, 5.74) is 13.7. The van der Waals surface area contributed by atoms with E-state index in [1.54, 1.807) is 0 Å². The van der Waals surface area contributed by atoms with Gasteiger partial charge in [0, 0.05) is 5.56 Å². The summed E-state index contributed by atoms with van der Waals surface area (Å²) in [4.78, 5) is 0. The Balaban J connectivity index is 3.08. The maximum Gasteiger partial charge on any atom is 0.184 e. The molecule has 1 rings (SSSR count). The van der Waals surface area contributed by atoms with Gasteiger partial charge in [0.2, 0.25) is 0 Å². The first-order chi connectivity index (χ1) is 7.41. The van der Waals surface area contributed by atoms with Crippen LogP contribution in [0.1, 0.15) is 29.2 Å². The van der Waals surface area contributed by atoms with Crippen LogP contribution in [0, 0.1) is 20.8 Å². The molecule has 0 aliphatic carbocycles. The summed E-state index contributed by atoms with van der Waals surface area (Å²) in [6.45, 7) is 8.20. The molecule has 3 N–H and O–H groups in total. The summed E-state index contributed by atoms with van der Waals surface area (Å²) < 4.78 is 0. The van der Waals surface area contributed by atoms with Gasteiger partial charge in [-0.05, 0) is 62.7 Å². The highest BCUT2D eigenvalue weighted by molar-refractivity contribution is 7.80. The molecular weight excluding hydrogens is 218 g/mol. The Kier molecular flexibility index (Phi) is 4.01. The van der Waals surface area contributed by atoms with Gasteiger partial charge in [0.15, 0.2) is 5.11 Å². The molecule has 0 unspecified atom stereocenters. The normalized spacial score (nSPS) is 11.4. The molecule has 0 radical (unpaired) electrons. The number of nitrogens with zero attached hydrogens (tertiary/aromatic N) is 1. The van der Waals surface area contributed by atoms with E-state index in [9.17, 15) is 0 Å². The van der Waals surface area contributed by atoms with Crippen molar-refractivity contribution in [2.45, 2.75) is 27.7 Å². The van der Waals surface area contributed by atoms with Crippen molar-refractivity contribution in [3.05, 3.63) is 34.4 Å². The number of nitrogens with two attached hydrogens (primary N) is 1. The molecular formula is C12H17N3S. The van der Waals surface area contributed by atoms with Crippen molar-refractivity contribution in [2.24, 2.45) is 10.8 Å². The number of hydrogen-bond donors (Lipinski definition) is 2. The van der Waals surface area contributed by atoms with E-state index in [0.29, 0.717) is 0 Å². The molecule has 0 amide bonds. The van der Waals surface area contributed by atoms with Crippen molar-refractivity contribution in [2.75, 3.05) is 0 Å². The van der Waals surface area contributed by atoms with Gasteiger partial charge >= 0.3 is 0 Å². The topological polar surface area (TPSA) is 50.4 Å². The maximum atomic E-state index is 5.32. The van der Waals surface area contributed by atoms with Crippen LogP contribution in [0.2, 0.25) is 0 Å². The molecule has 1 aromatic rings. The van der Waals surface area contributed by atoms with Crippen LogP contribution in [0.25, 0.3) is 0 Å². The van der Waals surface area contributed by atoms with Crippen molar-refractivity contribution < 1.29 is 0 Å². The average Bonchev–Trinajstić information content (AvgIpc) is 2.20. The molecule has 0 bridgehead atoms. The lowest BCUT2D eigenvalue weighted by Crippen LogP contribution is -2.25. The minimum absolute atomic E-state index is 0.181. The first-order valence-electron chi connectivity index (χ1n) is 5.09. The Morgan fingerprint density at radius 1 is 1.19 bits per heavy atom. The van der Waals surface area contributed by atoms with Gasteiger partial charge in [-0.15, -0.1) is 0 Å². The second-order valence-corrected chi connectivity index (χ2v) is 4.36. The van der Waals surface area contributed by atoms with E-state index in [1.807, 2.05) is 6.92 Å². The fourth-order valence-corrected chi connectivity index (χ4v) is 1.60. The third kappa shape index (κ3) is 3.03. The first-order valence-corrected chi connectivity index (χ1v) is 5.50. The van der Waals surface area contributed by atoms with Crippen LogP contribution in [0.5, 0.6) is 0 Å². The molecule has 16 heavy (non-hydrogen) atoms. The maximum absolute atomic E-state index is 5.32. The number of rotatable bonds is 2. The van der Waals surface area contributed by atoms with Crippen molar-refractivity contribution in [3.63, 3.8) is 0 Å². The van der Waals surface area contributed by atoms with Crippen molar-refractivity contribution in [1.82, 2.24) is 5.43 Å². The molecule has 1 aromatic carbocycles. The Bertz CT molecular complexity index is 450. The van der Waals surface area contributed by atoms with E-state index in [0.717, 1.165) is 11.3 Å². The van der Waals surface area contributed by atoms with Crippen LogP contribution < -0.4 is 11.2 Å². The highest BCUT2D eigenvalue weighted by Gasteiger charge is 2.04. The van der Waals surface area contributed by atoms with E-state index in [4.69, 9.17) is 18.0 Å². The lowest BCUT2D eigenvalue weighted by molar-refractivity contribution is 1.03. The number of nitrogens with one attached hydrogen (secondary N) is 1. The molecule has 0 atom stereocenters. The molecule has 0 aliphatic rings. The Morgan fingerprint density at radius 3 is 2.31 bits per heavy atom. The van der Waals surface area contributed by atoms with E-state index >= 15 is 0 Å². The SMILES string of the molecule is C/C(=N/NC(N)=S)c1cc(C)c(C)cc1C. The predicted molar refractivity (Wildman–Crippen MR) is 72.8 cm³/mol. The van der Waals surface area contributed by atoms with Gasteiger partial charge in [0.25, 0.3) is 0 Å². The van der Waals surface area contributed by atoms with Crippen molar-refractivity contribution >= 4 is 23.0 Å². The zero-order valence-corrected chi connectivity index (χ0v) is 10.9. The van der Waals surface area contributed by atoms with Crippen LogP contribution in [-0.2, 0) is 0 Å². The van der Waals surface area contributed by atoms with E-state index < -0.39 is 0 Å². The van der Waals surface area contributed by atoms with Gasteiger partial charge in [0.1, 0.15) is 0 Å². The van der Waals surface area contributed by atoms with Gasteiger partial charge in [-0.1, -0.05) is 6.07 Å². The van der Waals surface area contributed by atoms with Crippen LogP contribution in [-0.4, -0.2) is 10.8 Å². The fraction of sp³-hybridized carbons (Fsp3) is 0.333. The first kappa shape index (κ1) is 12.6. The Morgan fingerprint density at radius 2 is 1.75 bits per heavy atom. The third-order valence-electron chi connectivity index (χ3n) is 2.56. The molecule has 0 heterocycles. The van der Waals surface area contributed by atoms with E-state index in [2.05, 4.69) is 43.4 Å². The molecule has 0 aromatic heterocycles. The van der Waals surface area contributed by atoms with E-state index in [1.165, 1.54) is 16.7 Å². The summed E-state index contributed by atoms with van der Waals surface area (Å²) in [5.74, 6) is 0. The smallest absolute Gasteiger partial charge is 0.184 e. The molecule has 3 nitrogen and oxygen atoms in total. The molecule has 4 heteroatoms. The number of thiocarbonyl (C=S) groups is 1. The van der Waals surface area contributed by atoms with Crippen LogP contribution in [0.3, 0.4) is 0 Å². The lowest BCUT2D eigenvalue weighted by atomic mass is 9.98. The molecule has 0 spiro atoms. The summed E-state index contributed by atoms with van der Waals surface area (Å²) in [7, 11) is 0. The minimum Gasteiger partial charge on any atom is -0.375 e. The van der Waals surface area contributed by atoms with Crippen molar-refractivity contribution in [3.8, 4) is 0 Å². The zero-order chi connectivity index (χ0) is 12.3. The zero-order valence-electron chi connectivity index (χ0n) is 10.1. The van der Waals surface area contributed by atoms with E-state index in [-0.39, 0.29) is 5.11 Å². The fourth-order valence-electron chi connectivity index (χ4n) is 1.55. The molecule has 0 saturated heterocycles. The quantitative estimate of drug-likeness (QED) is 0.469. The Labute approximate surface area is 102 Å².